The van der Waals surface area contributed by atoms with Gasteiger partial charge in [0, 0.05) is 17.4 Å². The molecule has 38 heavy (non-hydrogen) atoms. The first kappa shape index (κ1) is 23.8. The van der Waals surface area contributed by atoms with E-state index in [1.54, 1.807) is 0 Å². The fourth-order valence-electron chi connectivity index (χ4n) is 5.48. The van der Waals surface area contributed by atoms with Crippen LogP contribution in [-0.2, 0) is 13.0 Å². The molecule has 0 saturated carbocycles. The number of hydrogen-bond donors (Lipinski definition) is 1. The molecule has 0 saturated heterocycles. The number of amides is 2. The van der Waals surface area contributed by atoms with E-state index in [1.165, 1.54) is 5.56 Å². The Morgan fingerprint density at radius 1 is 0.947 bits per heavy atom. The Morgan fingerprint density at radius 3 is 2.39 bits per heavy atom. The first-order valence-corrected chi connectivity index (χ1v) is 13.1. The number of hydrogen-bond acceptors (Lipinski definition) is 2. The maximum Gasteiger partial charge on any atom is 0.322 e. The van der Waals surface area contributed by atoms with Crippen molar-refractivity contribution in [1.82, 2.24) is 19.2 Å². The lowest BCUT2D eigenvalue weighted by Gasteiger charge is -2.31. The number of carbonyl (C=O) groups is 1. The summed E-state index contributed by atoms with van der Waals surface area (Å²) in [6, 6.07) is 30.3. The van der Waals surface area contributed by atoms with E-state index < -0.39 is 0 Å². The molecule has 3 heterocycles. The predicted octanol–water partition coefficient (Wildman–Crippen LogP) is 6.98. The molecule has 1 N–H and O–H groups in total. The first-order chi connectivity index (χ1) is 18.5. The standard InChI is InChI=1S/C32H31N5O/c1-4-27-26-21-36(32(38)33-28-18-17-22(2)20-23(28)3)30(24-12-7-5-8-13-24)29-16-11-19-35(29)31(26)37(34-27)25-14-9-6-10-15-25/h5-20,30H,4,21H2,1-3H3,(H,33,38)/t30-/m1/s1. The van der Waals surface area contributed by atoms with Gasteiger partial charge >= 0.3 is 6.03 Å². The normalized spacial score (nSPS) is 14.5. The number of nitrogens with zero attached hydrogens (tertiary/aromatic N) is 4. The van der Waals surface area contributed by atoms with Crippen molar-refractivity contribution in [1.29, 1.82) is 0 Å². The first-order valence-electron chi connectivity index (χ1n) is 13.1. The SMILES string of the molecule is CCc1nn(-c2ccccc2)c2c1CN(C(=O)Nc1ccc(C)cc1C)[C@H](c1ccccc1)c1cccn1-2. The predicted molar refractivity (Wildman–Crippen MR) is 151 cm³/mol. The summed E-state index contributed by atoms with van der Waals surface area (Å²) in [6.07, 6.45) is 2.84. The van der Waals surface area contributed by atoms with E-state index in [-0.39, 0.29) is 12.1 Å². The molecule has 2 amide bonds. The molecule has 0 spiro atoms. The lowest BCUT2D eigenvalue weighted by atomic mass is 10.0. The fourth-order valence-corrected chi connectivity index (χ4v) is 5.48. The van der Waals surface area contributed by atoms with E-state index in [0.29, 0.717) is 6.54 Å². The van der Waals surface area contributed by atoms with Gasteiger partial charge in [0.2, 0.25) is 0 Å². The second kappa shape index (κ2) is 9.71. The molecule has 6 nitrogen and oxygen atoms in total. The van der Waals surface area contributed by atoms with Gasteiger partial charge in [-0.3, -0.25) is 0 Å². The maximum atomic E-state index is 14.1. The lowest BCUT2D eigenvalue weighted by molar-refractivity contribution is 0.194. The summed E-state index contributed by atoms with van der Waals surface area (Å²) >= 11 is 0. The molecular formula is C32H31N5O. The number of fused-ring (bicyclic) bond motifs is 3. The highest BCUT2D eigenvalue weighted by molar-refractivity contribution is 5.91. The van der Waals surface area contributed by atoms with Gasteiger partial charge in [0.05, 0.1) is 29.7 Å². The monoisotopic (exact) mass is 501 g/mol. The van der Waals surface area contributed by atoms with Crippen LogP contribution >= 0.6 is 0 Å². The molecule has 0 bridgehead atoms. The second-order valence-corrected chi connectivity index (χ2v) is 9.84. The quantitative estimate of drug-likeness (QED) is 0.289. The second-order valence-electron chi connectivity index (χ2n) is 9.84. The third-order valence-electron chi connectivity index (χ3n) is 7.30. The smallest absolute Gasteiger partial charge is 0.308 e. The van der Waals surface area contributed by atoms with Crippen LogP contribution in [0.1, 0.15) is 46.6 Å². The average Bonchev–Trinajstić information content (AvgIpc) is 3.52. The Hall–Kier alpha value is -4.58. The molecule has 6 rings (SSSR count). The number of rotatable bonds is 4. The Kier molecular flexibility index (Phi) is 6.08. The van der Waals surface area contributed by atoms with E-state index in [9.17, 15) is 4.79 Å². The Labute approximate surface area is 223 Å². The number of nitrogens with one attached hydrogen (secondary N) is 1. The van der Waals surface area contributed by atoms with E-state index >= 15 is 0 Å². The molecule has 5 aromatic rings. The number of aromatic nitrogens is 3. The van der Waals surface area contributed by atoms with Crippen molar-refractivity contribution in [2.45, 2.75) is 39.8 Å². The summed E-state index contributed by atoms with van der Waals surface area (Å²) in [5.41, 5.74) is 8.15. The van der Waals surface area contributed by atoms with E-state index in [1.807, 2.05) is 65.0 Å². The summed E-state index contributed by atoms with van der Waals surface area (Å²) < 4.78 is 4.22. The van der Waals surface area contributed by atoms with E-state index in [2.05, 4.69) is 72.4 Å². The zero-order valence-corrected chi connectivity index (χ0v) is 21.9. The lowest BCUT2D eigenvalue weighted by Crippen LogP contribution is -2.38. The highest BCUT2D eigenvalue weighted by atomic mass is 16.2. The molecule has 6 heteroatoms. The van der Waals surface area contributed by atoms with Crippen molar-refractivity contribution in [3.8, 4) is 11.5 Å². The molecule has 2 aromatic heterocycles. The summed E-state index contributed by atoms with van der Waals surface area (Å²) in [4.78, 5) is 16.1. The Morgan fingerprint density at radius 2 is 1.68 bits per heavy atom. The molecule has 1 aliphatic rings. The van der Waals surface area contributed by atoms with Crippen molar-refractivity contribution >= 4 is 11.7 Å². The van der Waals surface area contributed by atoms with Crippen LogP contribution in [0.2, 0.25) is 0 Å². The molecule has 0 aliphatic carbocycles. The highest BCUT2D eigenvalue weighted by Gasteiger charge is 2.36. The minimum absolute atomic E-state index is 0.138. The fraction of sp³-hybridized carbons (Fsp3) is 0.188. The summed E-state index contributed by atoms with van der Waals surface area (Å²) in [5, 5.41) is 8.25. The third-order valence-corrected chi connectivity index (χ3v) is 7.30. The largest absolute Gasteiger partial charge is 0.322 e. The van der Waals surface area contributed by atoms with Crippen LogP contribution in [0.3, 0.4) is 0 Å². The van der Waals surface area contributed by atoms with Crippen molar-refractivity contribution in [2.24, 2.45) is 0 Å². The highest BCUT2D eigenvalue weighted by Crippen LogP contribution is 2.39. The van der Waals surface area contributed by atoms with Gasteiger partial charge in [-0.1, -0.05) is 73.2 Å². The number of aryl methyl sites for hydroxylation is 3. The minimum atomic E-state index is -0.279. The molecule has 0 unspecified atom stereocenters. The van der Waals surface area contributed by atoms with Gasteiger partial charge in [0.15, 0.2) is 0 Å². The van der Waals surface area contributed by atoms with Crippen LogP contribution in [0, 0.1) is 13.8 Å². The van der Waals surface area contributed by atoms with E-state index in [4.69, 9.17) is 5.10 Å². The van der Waals surface area contributed by atoms with Gasteiger partial charge in [-0.2, -0.15) is 5.10 Å². The van der Waals surface area contributed by atoms with Crippen molar-refractivity contribution in [3.05, 3.63) is 131 Å². The third kappa shape index (κ3) is 4.08. The van der Waals surface area contributed by atoms with Gasteiger partial charge < -0.3 is 14.8 Å². The maximum absolute atomic E-state index is 14.1. The van der Waals surface area contributed by atoms with Crippen molar-refractivity contribution < 1.29 is 4.79 Å². The minimum Gasteiger partial charge on any atom is -0.308 e. The molecule has 1 atom stereocenters. The summed E-state index contributed by atoms with van der Waals surface area (Å²) in [7, 11) is 0. The van der Waals surface area contributed by atoms with Gasteiger partial charge in [0.25, 0.3) is 0 Å². The number of anilines is 1. The molecule has 0 fully saturated rings. The van der Waals surface area contributed by atoms with Crippen molar-refractivity contribution in [2.75, 3.05) is 5.32 Å². The van der Waals surface area contributed by atoms with Crippen molar-refractivity contribution in [3.63, 3.8) is 0 Å². The summed E-state index contributed by atoms with van der Waals surface area (Å²) in [6.45, 7) is 6.64. The van der Waals surface area contributed by atoms with E-state index in [0.717, 1.165) is 51.7 Å². The van der Waals surface area contributed by atoms with Gasteiger partial charge in [-0.25, -0.2) is 9.48 Å². The Bertz CT molecular complexity index is 1600. The zero-order chi connectivity index (χ0) is 26.2. The van der Waals surface area contributed by atoms with Gasteiger partial charge in [0.1, 0.15) is 5.82 Å². The van der Waals surface area contributed by atoms with Crippen LogP contribution < -0.4 is 5.32 Å². The van der Waals surface area contributed by atoms with Crippen LogP contribution in [0.5, 0.6) is 0 Å². The van der Waals surface area contributed by atoms with Gasteiger partial charge in [-0.15, -0.1) is 0 Å². The van der Waals surface area contributed by atoms with Crippen LogP contribution in [-0.4, -0.2) is 25.3 Å². The zero-order valence-electron chi connectivity index (χ0n) is 21.9. The molecule has 3 aromatic carbocycles. The van der Waals surface area contributed by atoms with Crippen LogP contribution in [0.15, 0.2) is 97.2 Å². The van der Waals surface area contributed by atoms with Crippen LogP contribution in [0.25, 0.3) is 11.5 Å². The number of benzene rings is 3. The molecule has 190 valence electrons. The van der Waals surface area contributed by atoms with Crippen LogP contribution in [0.4, 0.5) is 10.5 Å². The topological polar surface area (TPSA) is 55.1 Å². The Balaban J connectivity index is 1.54. The number of carbonyl (C=O) groups excluding carboxylic acids is 1. The average molecular weight is 502 g/mol. The number of urea groups is 1. The number of para-hydroxylation sites is 1. The molecule has 1 aliphatic heterocycles. The van der Waals surface area contributed by atoms with Gasteiger partial charge in [-0.05, 0) is 61.7 Å². The molecular weight excluding hydrogens is 470 g/mol. The summed E-state index contributed by atoms with van der Waals surface area (Å²) in [5.74, 6) is 0.982. The molecule has 0 radical (unpaired) electrons.